The molecule has 3 aromatic carbocycles. The highest BCUT2D eigenvalue weighted by molar-refractivity contribution is 6.15. The molecule has 0 saturated heterocycles. The minimum absolute atomic E-state index is 1.30. The topological polar surface area (TPSA) is 4.93 Å². The molecule has 0 N–H and O–H groups in total. The van der Waals surface area contributed by atoms with E-state index in [1.165, 1.54) is 83.1 Å². The van der Waals surface area contributed by atoms with E-state index < -0.39 is 0 Å². The zero-order chi connectivity index (χ0) is 21.4. The molecule has 1 aromatic heterocycles. The molecule has 0 atom stereocenters. The molecule has 0 amide bonds. The van der Waals surface area contributed by atoms with Crippen LogP contribution in [0.15, 0.2) is 18.2 Å². The van der Waals surface area contributed by atoms with Crippen LogP contribution in [0.25, 0.3) is 27.5 Å². The lowest BCUT2D eigenvalue weighted by molar-refractivity contribution is 1.11. The van der Waals surface area contributed by atoms with Crippen LogP contribution >= 0.6 is 0 Å². The Morgan fingerprint density at radius 2 is 0.897 bits per heavy atom. The van der Waals surface area contributed by atoms with E-state index in [0.717, 1.165) is 0 Å². The van der Waals surface area contributed by atoms with Crippen LogP contribution in [-0.4, -0.2) is 4.57 Å². The minimum atomic E-state index is 1.30. The molecule has 0 radical (unpaired) electrons. The van der Waals surface area contributed by atoms with Gasteiger partial charge in [0.1, 0.15) is 0 Å². The van der Waals surface area contributed by atoms with E-state index >= 15 is 0 Å². The molecular formula is C28H33N. The molecule has 0 unspecified atom stereocenters. The van der Waals surface area contributed by atoms with Gasteiger partial charge < -0.3 is 4.57 Å². The molecule has 150 valence electrons. The van der Waals surface area contributed by atoms with Crippen LogP contribution in [0.2, 0.25) is 0 Å². The third-order valence-electron chi connectivity index (χ3n) is 7.60. The number of hydrogen-bond donors (Lipinski definition) is 0. The molecule has 1 nitrogen and oxygen atoms in total. The Labute approximate surface area is 175 Å². The maximum Gasteiger partial charge on any atom is 0.0576 e. The highest BCUT2D eigenvalue weighted by Crippen LogP contribution is 2.43. The summed E-state index contributed by atoms with van der Waals surface area (Å²) in [7, 11) is 0. The predicted molar refractivity (Wildman–Crippen MR) is 128 cm³/mol. The van der Waals surface area contributed by atoms with Crippen molar-refractivity contribution in [1.29, 1.82) is 0 Å². The Bertz CT molecular complexity index is 1250. The third kappa shape index (κ3) is 2.53. The van der Waals surface area contributed by atoms with Crippen molar-refractivity contribution >= 4 is 21.8 Å². The summed E-state index contributed by atoms with van der Waals surface area (Å²) < 4.78 is 2.56. The van der Waals surface area contributed by atoms with Crippen molar-refractivity contribution in [2.24, 2.45) is 0 Å². The highest BCUT2D eigenvalue weighted by Gasteiger charge is 2.24. The van der Waals surface area contributed by atoms with Crippen LogP contribution in [0.3, 0.4) is 0 Å². The van der Waals surface area contributed by atoms with Gasteiger partial charge in [0.15, 0.2) is 0 Å². The molecule has 1 heteroatoms. The van der Waals surface area contributed by atoms with Crippen molar-refractivity contribution in [2.45, 2.75) is 69.2 Å². The van der Waals surface area contributed by atoms with E-state index in [1.807, 2.05) is 0 Å². The fourth-order valence-corrected chi connectivity index (χ4v) is 5.17. The minimum Gasteiger partial charge on any atom is -0.308 e. The standard InChI is InChI=1S/C28H33N/c1-14-11-12-24(15(2)13-14)29-27-22(9)18(5)16(3)20(7)25(27)26-21(8)17(4)19(6)23(10)28(26)29/h11-13H,1-10H3. The quantitative estimate of drug-likeness (QED) is 0.315. The van der Waals surface area contributed by atoms with E-state index in [1.54, 1.807) is 0 Å². The van der Waals surface area contributed by atoms with E-state index in [9.17, 15) is 0 Å². The number of benzene rings is 3. The van der Waals surface area contributed by atoms with E-state index in [-0.39, 0.29) is 0 Å². The Morgan fingerprint density at radius 3 is 1.31 bits per heavy atom. The van der Waals surface area contributed by atoms with Gasteiger partial charge in [-0.2, -0.15) is 0 Å². The van der Waals surface area contributed by atoms with Crippen LogP contribution < -0.4 is 0 Å². The summed E-state index contributed by atoms with van der Waals surface area (Å²) in [6.07, 6.45) is 0. The fraction of sp³-hybridized carbons (Fsp3) is 0.357. The number of fused-ring (bicyclic) bond motifs is 3. The SMILES string of the molecule is Cc1ccc(-n2c3c(C)c(C)c(C)c(C)c3c3c(C)c(C)c(C)c(C)c32)c(C)c1. The second kappa shape index (κ2) is 6.49. The van der Waals surface area contributed by atoms with Gasteiger partial charge in [0.2, 0.25) is 0 Å². The second-order valence-corrected chi connectivity index (χ2v) is 9.07. The van der Waals surface area contributed by atoms with Crippen LogP contribution in [-0.2, 0) is 0 Å². The molecule has 0 spiro atoms. The Morgan fingerprint density at radius 1 is 0.483 bits per heavy atom. The molecule has 4 aromatic rings. The van der Waals surface area contributed by atoms with Gasteiger partial charge in [-0.05, 0) is 125 Å². The molecule has 0 aliphatic rings. The first-order chi connectivity index (χ1) is 13.6. The van der Waals surface area contributed by atoms with E-state index in [2.05, 4.69) is 92.0 Å². The summed E-state index contributed by atoms with van der Waals surface area (Å²) in [5.74, 6) is 0. The lowest BCUT2D eigenvalue weighted by Crippen LogP contribution is -2.03. The van der Waals surface area contributed by atoms with Gasteiger partial charge in [-0.15, -0.1) is 0 Å². The maximum absolute atomic E-state index is 2.56. The van der Waals surface area contributed by atoms with Crippen LogP contribution in [0.1, 0.15) is 55.6 Å². The molecule has 0 saturated carbocycles. The summed E-state index contributed by atoms with van der Waals surface area (Å²) >= 11 is 0. The number of aryl methyl sites for hydroxylation is 6. The van der Waals surface area contributed by atoms with E-state index in [0.29, 0.717) is 0 Å². The van der Waals surface area contributed by atoms with Gasteiger partial charge in [0.25, 0.3) is 0 Å². The molecular weight excluding hydrogens is 350 g/mol. The second-order valence-electron chi connectivity index (χ2n) is 9.07. The highest BCUT2D eigenvalue weighted by atomic mass is 15.0. The van der Waals surface area contributed by atoms with Gasteiger partial charge in [-0.3, -0.25) is 0 Å². The first-order valence-electron chi connectivity index (χ1n) is 10.7. The Balaban J connectivity index is 2.44. The van der Waals surface area contributed by atoms with Crippen molar-refractivity contribution in [3.63, 3.8) is 0 Å². The lowest BCUT2D eigenvalue weighted by Gasteiger charge is -2.17. The van der Waals surface area contributed by atoms with Crippen molar-refractivity contribution in [3.05, 3.63) is 73.8 Å². The zero-order valence-electron chi connectivity index (χ0n) is 19.7. The molecule has 4 rings (SSSR count). The van der Waals surface area contributed by atoms with Crippen molar-refractivity contribution in [2.75, 3.05) is 0 Å². The average molecular weight is 384 g/mol. The Hall–Kier alpha value is -2.54. The van der Waals surface area contributed by atoms with Gasteiger partial charge in [-0.1, -0.05) is 17.7 Å². The summed E-state index contributed by atoms with van der Waals surface area (Å²) in [4.78, 5) is 0. The lowest BCUT2D eigenvalue weighted by atomic mass is 9.90. The largest absolute Gasteiger partial charge is 0.308 e. The summed E-state index contributed by atoms with van der Waals surface area (Å²) in [6, 6.07) is 6.85. The van der Waals surface area contributed by atoms with Crippen molar-refractivity contribution in [1.82, 2.24) is 4.57 Å². The smallest absolute Gasteiger partial charge is 0.0576 e. The van der Waals surface area contributed by atoms with Gasteiger partial charge in [-0.25, -0.2) is 0 Å². The van der Waals surface area contributed by atoms with Gasteiger partial charge in [0.05, 0.1) is 11.0 Å². The van der Waals surface area contributed by atoms with E-state index in [4.69, 9.17) is 0 Å². The predicted octanol–water partition coefficient (Wildman–Crippen LogP) is 7.87. The summed E-state index contributed by atoms with van der Waals surface area (Å²) in [6.45, 7) is 22.7. The molecule has 0 aliphatic carbocycles. The molecule has 0 bridgehead atoms. The first kappa shape index (κ1) is 19.8. The molecule has 29 heavy (non-hydrogen) atoms. The van der Waals surface area contributed by atoms with Crippen LogP contribution in [0.4, 0.5) is 0 Å². The van der Waals surface area contributed by atoms with Crippen LogP contribution in [0.5, 0.6) is 0 Å². The number of nitrogens with zero attached hydrogens (tertiary/aromatic N) is 1. The summed E-state index contributed by atoms with van der Waals surface area (Å²) in [5.41, 5.74) is 18.0. The molecule has 1 heterocycles. The molecule has 0 aliphatic heterocycles. The molecule has 0 fully saturated rings. The maximum atomic E-state index is 2.56. The van der Waals surface area contributed by atoms with Gasteiger partial charge in [0, 0.05) is 16.5 Å². The Kier molecular flexibility index (Phi) is 4.42. The number of aromatic nitrogens is 1. The average Bonchev–Trinajstić information content (AvgIpc) is 3.03. The van der Waals surface area contributed by atoms with Crippen LogP contribution in [0, 0.1) is 69.2 Å². The van der Waals surface area contributed by atoms with Crippen molar-refractivity contribution < 1.29 is 0 Å². The monoisotopic (exact) mass is 383 g/mol. The first-order valence-corrected chi connectivity index (χ1v) is 10.7. The number of rotatable bonds is 1. The summed E-state index contributed by atoms with van der Waals surface area (Å²) in [5, 5.41) is 2.87. The van der Waals surface area contributed by atoms with Gasteiger partial charge >= 0.3 is 0 Å². The zero-order valence-corrected chi connectivity index (χ0v) is 19.7. The van der Waals surface area contributed by atoms with Crippen molar-refractivity contribution in [3.8, 4) is 5.69 Å². The fourth-order valence-electron chi connectivity index (χ4n) is 5.17. The number of hydrogen-bond acceptors (Lipinski definition) is 0. The normalized spacial score (nSPS) is 11.8. The third-order valence-corrected chi connectivity index (χ3v) is 7.60.